The van der Waals surface area contributed by atoms with E-state index in [1.165, 1.54) is 0 Å². The van der Waals surface area contributed by atoms with Crippen LogP contribution in [0.4, 0.5) is 0 Å². The highest BCUT2D eigenvalue weighted by Crippen LogP contribution is 2.58. The van der Waals surface area contributed by atoms with Crippen molar-refractivity contribution in [1.82, 2.24) is 10.6 Å². The molecule has 1 saturated heterocycles. The summed E-state index contributed by atoms with van der Waals surface area (Å²) in [5.74, 6) is -0.355. The van der Waals surface area contributed by atoms with Crippen LogP contribution in [0.25, 0.3) is 0 Å². The van der Waals surface area contributed by atoms with Crippen LogP contribution in [0.2, 0.25) is 0 Å². The number of nitrogens with one attached hydrogen (secondary N) is 2. The zero-order valence-electron chi connectivity index (χ0n) is 15.3. The van der Waals surface area contributed by atoms with Crippen LogP contribution in [0.5, 0.6) is 0 Å². The van der Waals surface area contributed by atoms with E-state index in [-0.39, 0.29) is 41.5 Å². The summed E-state index contributed by atoms with van der Waals surface area (Å²) in [5, 5.41) is 6.37. The van der Waals surface area contributed by atoms with Crippen LogP contribution in [0.15, 0.2) is 30.3 Å². The smallest absolute Gasteiger partial charge is 0.311 e. The first-order valence-corrected chi connectivity index (χ1v) is 9.33. The van der Waals surface area contributed by atoms with Crippen LogP contribution < -0.4 is 10.6 Å². The van der Waals surface area contributed by atoms with Gasteiger partial charge in [0, 0.05) is 12.5 Å². The van der Waals surface area contributed by atoms with E-state index in [1.807, 2.05) is 30.3 Å². The zero-order chi connectivity index (χ0) is 17.7. The maximum atomic E-state index is 12.5. The quantitative estimate of drug-likeness (QED) is 0.712. The molecule has 1 aliphatic carbocycles. The molecule has 6 heteroatoms. The number of esters is 1. The molecule has 0 bridgehead atoms. The molecule has 1 heterocycles. The first-order valence-electron chi connectivity index (χ1n) is 9.33. The van der Waals surface area contributed by atoms with Crippen molar-refractivity contribution in [1.29, 1.82) is 0 Å². The van der Waals surface area contributed by atoms with Crippen molar-refractivity contribution >= 4 is 24.3 Å². The van der Waals surface area contributed by atoms with Crippen LogP contribution in [0, 0.1) is 17.3 Å². The summed E-state index contributed by atoms with van der Waals surface area (Å²) in [7, 11) is 0. The maximum absolute atomic E-state index is 12.5. The van der Waals surface area contributed by atoms with Gasteiger partial charge in [-0.05, 0) is 56.7 Å². The predicted molar refractivity (Wildman–Crippen MR) is 103 cm³/mol. The van der Waals surface area contributed by atoms with Crippen LogP contribution in [0.1, 0.15) is 31.7 Å². The average molecular weight is 381 g/mol. The van der Waals surface area contributed by atoms with Gasteiger partial charge in [-0.3, -0.25) is 9.59 Å². The lowest BCUT2D eigenvalue weighted by atomic mass is 9.91. The maximum Gasteiger partial charge on any atom is 0.311 e. The van der Waals surface area contributed by atoms with Gasteiger partial charge >= 0.3 is 5.97 Å². The minimum absolute atomic E-state index is 0. The summed E-state index contributed by atoms with van der Waals surface area (Å²) >= 11 is 0. The number of piperidine rings is 1. The fourth-order valence-corrected chi connectivity index (χ4v) is 3.94. The minimum Gasteiger partial charge on any atom is -0.466 e. The molecule has 144 valence electrons. The third-order valence-electron chi connectivity index (χ3n) is 5.57. The molecule has 2 N–H and O–H groups in total. The van der Waals surface area contributed by atoms with Gasteiger partial charge in [0.15, 0.2) is 0 Å². The Kier molecular flexibility index (Phi) is 7.47. The Labute approximate surface area is 161 Å². The normalized spacial score (nSPS) is 21.3. The Morgan fingerprint density at radius 3 is 2.62 bits per heavy atom. The lowest BCUT2D eigenvalue weighted by Crippen LogP contribution is -2.38. The van der Waals surface area contributed by atoms with Crippen molar-refractivity contribution in [3.63, 3.8) is 0 Å². The molecule has 26 heavy (non-hydrogen) atoms. The molecule has 5 nitrogen and oxygen atoms in total. The SMILES string of the molecule is CCOC(=O)C(CNC(=O)C1CC12CCNCC2)Cc1ccccc1.Cl. The summed E-state index contributed by atoms with van der Waals surface area (Å²) in [4.78, 5) is 24.8. The summed E-state index contributed by atoms with van der Waals surface area (Å²) in [6.45, 7) is 4.52. The highest BCUT2D eigenvalue weighted by molar-refractivity contribution is 5.85. The molecule has 2 aliphatic rings. The van der Waals surface area contributed by atoms with Crippen molar-refractivity contribution in [2.75, 3.05) is 26.2 Å². The third kappa shape index (κ3) is 4.98. The van der Waals surface area contributed by atoms with E-state index in [0.29, 0.717) is 19.6 Å². The molecule has 1 aromatic carbocycles. The molecule has 2 atom stereocenters. The van der Waals surface area contributed by atoms with E-state index in [2.05, 4.69) is 10.6 Å². The van der Waals surface area contributed by atoms with E-state index in [1.54, 1.807) is 6.92 Å². The van der Waals surface area contributed by atoms with Gasteiger partial charge < -0.3 is 15.4 Å². The van der Waals surface area contributed by atoms with Gasteiger partial charge in [-0.1, -0.05) is 30.3 Å². The summed E-state index contributed by atoms with van der Waals surface area (Å²) in [6.07, 6.45) is 3.73. The zero-order valence-corrected chi connectivity index (χ0v) is 16.1. The van der Waals surface area contributed by atoms with Gasteiger partial charge in [-0.25, -0.2) is 0 Å². The highest BCUT2D eigenvalue weighted by atomic mass is 35.5. The van der Waals surface area contributed by atoms with Gasteiger partial charge in [0.1, 0.15) is 0 Å². The molecule has 2 unspecified atom stereocenters. The second-order valence-corrected chi connectivity index (χ2v) is 7.25. The molecule has 0 aromatic heterocycles. The second-order valence-electron chi connectivity index (χ2n) is 7.25. The summed E-state index contributed by atoms with van der Waals surface area (Å²) < 4.78 is 5.20. The average Bonchev–Trinajstić information content (AvgIpc) is 3.33. The Bertz CT molecular complexity index is 602. The molecule has 1 saturated carbocycles. The number of carbonyl (C=O) groups excluding carboxylic acids is 2. The number of hydrogen-bond acceptors (Lipinski definition) is 4. The predicted octanol–water partition coefficient (Wildman–Crippen LogP) is 2.34. The van der Waals surface area contributed by atoms with Crippen molar-refractivity contribution < 1.29 is 14.3 Å². The summed E-state index contributed by atoms with van der Waals surface area (Å²) in [5.41, 5.74) is 1.30. The molecular formula is C20H29ClN2O3. The molecular weight excluding hydrogens is 352 g/mol. The number of rotatable bonds is 7. The molecule has 1 amide bonds. The fourth-order valence-electron chi connectivity index (χ4n) is 3.94. The Hall–Kier alpha value is -1.59. The highest BCUT2D eigenvalue weighted by Gasteiger charge is 2.57. The van der Waals surface area contributed by atoms with Crippen LogP contribution >= 0.6 is 12.4 Å². The van der Waals surface area contributed by atoms with E-state index < -0.39 is 0 Å². The second kappa shape index (κ2) is 9.38. The summed E-state index contributed by atoms with van der Waals surface area (Å²) in [6, 6.07) is 9.87. The van der Waals surface area contributed by atoms with E-state index in [0.717, 1.165) is 37.9 Å². The van der Waals surface area contributed by atoms with Crippen molar-refractivity contribution in [2.45, 2.75) is 32.6 Å². The van der Waals surface area contributed by atoms with Gasteiger partial charge in [-0.15, -0.1) is 12.4 Å². The standard InChI is InChI=1S/C20H28N2O3.ClH/c1-2-25-19(24)16(12-15-6-4-3-5-7-15)14-22-18(23)17-13-20(17)8-10-21-11-9-20;/h3-7,16-17,21H,2,8-14H2,1H3,(H,22,23);1H. The van der Waals surface area contributed by atoms with E-state index >= 15 is 0 Å². The number of carbonyl (C=O) groups is 2. The monoisotopic (exact) mass is 380 g/mol. The van der Waals surface area contributed by atoms with Gasteiger partial charge in [0.2, 0.25) is 5.91 Å². The van der Waals surface area contributed by atoms with Gasteiger partial charge in [0.25, 0.3) is 0 Å². The topological polar surface area (TPSA) is 67.4 Å². The number of ether oxygens (including phenoxy) is 1. The molecule has 1 aliphatic heterocycles. The first kappa shape index (κ1) is 20.7. The Morgan fingerprint density at radius 1 is 1.27 bits per heavy atom. The largest absolute Gasteiger partial charge is 0.466 e. The van der Waals surface area contributed by atoms with Crippen LogP contribution in [-0.4, -0.2) is 38.1 Å². The van der Waals surface area contributed by atoms with E-state index in [4.69, 9.17) is 4.74 Å². The number of hydrogen-bond donors (Lipinski definition) is 2. The van der Waals surface area contributed by atoms with Gasteiger partial charge in [0.05, 0.1) is 12.5 Å². The molecule has 1 aromatic rings. The molecule has 2 fully saturated rings. The Morgan fingerprint density at radius 2 is 1.96 bits per heavy atom. The van der Waals surface area contributed by atoms with Crippen LogP contribution in [0.3, 0.4) is 0 Å². The number of benzene rings is 1. The Balaban J connectivity index is 0.00000243. The number of amides is 1. The molecule has 0 radical (unpaired) electrons. The molecule has 1 spiro atoms. The molecule has 3 rings (SSSR count). The first-order chi connectivity index (χ1) is 12.1. The van der Waals surface area contributed by atoms with Crippen molar-refractivity contribution in [2.24, 2.45) is 17.3 Å². The lowest BCUT2D eigenvalue weighted by molar-refractivity contribution is -0.147. The lowest BCUT2D eigenvalue weighted by Gasteiger charge is -2.23. The number of halogens is 1. The van der Waals surface area contributed by atoms with Crippen molar-refractivity contribution in [3.05, 3.63) is 35.9 Å². The van der Waals surface area contributed by atoms with Gasteiger partial charge in [-0.2, -0.15) is 0 Å². The fraction of sp³-hybridized carbons (Fsp3) is 0.600. The van der Waals surface area contributed by atoms with E-state index in [9.17, 15) is 9.59 Å². The third-order valence-corrected chi connectivity index (χ3v) is 5.57. The minimum atomic E-state index is -0.339. The van der Waals surface area contributed by atoms with Crippen LogP contribution in [-0.2, 0) is 20.7 Å². The van der Waals surface area contributed by atoms with Crippen molar-refractivity contribution in [3.8, 4) is 0 Å².